The normalized spacial score (nSPS) is 16.5. The van der Waals surface area contributed by atoms with Crippen LogP contribution in [0.5, 0.6) is 11.5 Å². The van der Waals surface area contributed by atoms with Crippen LogP contribution in [0.15, 0.2) is 18.2 Å². The van der Waals surface area contributed by atoms with Crippen molar-refractivity contribution in [3.63, 3.8) is 0 Å². The third kappa shape index (κ3) is 2.72. The summed E-state index contributed by atoms with van der Waals surface area (Å²) in [5.41, 5.74) is 1.82. The first-order valence-electron chi connectivity index (χ1n) is 7.15. The van der Waals surface area contributed by atoms with Gasteiger partial charge in [0.15, 0.2) is 11.5 Å². The second-order valence-electron chi connectivity index (χ2n) is 7.25. The molecule has 1 aromatic carbocycles. The molecule has 1 aliphatic rings. The van der Waals surface area contributed by atoms with Crippen molar-refractivity contribution in [1.82, 2.24) is 0 Å². The largest absolute Gasteiger partial charge is 0.454 e. The highest BCUT2D eigenvalue weighted by atomic mass is 16.7. The summed E-state index contributed by atoms with van der Waals surface area (Å²) in [6, 6.07) is 6.40. The highest BCUT2D eigenvalue weighted by Gasteiger charge is 2.38. The highest BCUT2D eigenvalue weighted by Crippen LogP contribution is 2.50. The van der Waals surface area contributed by atoms with Crippen molar-refractivity contribution < 1.29 is 9.47 Å². The van der Waals surface area contributed by atoms with Crippen LogP contribution >= 0.6 is 0 Å². The summed E-state index contributed by atoms with van der Waals surface area (Å²) < 4.78 is 10.9. The second-order valence-corrected chi connectivity index (χ2v) is 7.25. The Hall–Kier alpha value is -1.18. The Balaban J connectivity index is 2.45. The van der Waals surface area contributed by atoms with Gasteiger partial charge in [-0.05, 0) is 34.4 Å². The van der Waals surface area contributed by atoms with Crippen molar-refractivity contribution in [1.29, 1.82) is 0 Å². The van der Waals surface area contributed by atoms with E-state index in [4.69, 9.17) is 9.47 Å². The minimum Gasteiger partial charge on any atom is -0.454 e. The van der Waals surface area contributed by atoms with Crippen molar-refractivity contribution in [2.75, 3.05) is 6.79 Å². The van der Waals surface area contributed by atoms with E-state index in [0.29, 0.717) is 12.7 Å². The number of hydrogen-bond donors (Lipinski definition) is 0. The van der Waals surface area contributed by atoms with E-state index in [1.807, 2.05) is 6.07 Å². The monoisotopic (exact) mass is 262 g/mol. The Labute approximate surface area is 117 Å². The molecule has 19 heavy (non-hydrogen) atoms. The van der Waals surface area contributed by atoms with Crippen molar-refractivity contribution in [3.8, 4) is 11.5 Å². The molecule has 0 N–H and O–H groups in total. The third-order valence-corrected chi connectivity index (χ3v) is 4.29. The first-order valence-corrected chi connectivity index (χ1v) is 7.15. The maximum absolute atomic E-state index is 5.53. The Bertz CT molecular complexity index is 455. The number of rotatable bonds is 3. The molecule has 0 radical (unpaired) electrons. The molecule has 2 rings (SSSR count). The summed E-state index contributed by atoms with van der Waals surface area (Å²) in [6.45, 7) is 14.3. The predicted octanol–water partition coefficient (Wildman–Crippen LogP) is 4.98. The summed E-state index contributed by atoms with van der Waals surface area (Å²) in [5, 5.41) is 0. The maximum Gasteiger partial charge on any atom is 0.231 e. The second kappa shape index (κ2) is 4.73. The molecule has 1 atom stereocenters. The van der Waals surface area contributed by atoms with Crippen LogP contribution in [-0.2, 0) is 0 Å². The number of ether oxygens (including phenoxy) is 2. The van der Waals surface area contributed by atoms with Gasteiger partial charge in [-0.2, -0.15) is 0 Å². The van der Waals surface area contributed by atoms with Crippen LogP contribution in [0.1, 0.15) is 59.4 Å². The van der Waals surface area contributed by atoms with E-state index in [0.717, 1.165) is 17.9 Å². The molecule has 0 saturated carbocycles. The summed E-state index contributed by atoms with van der Waals surface area (Å²) in [5.74, 6) is 2.24. The molecule has 2 nitrogen and oxygen atoms in total. The lowest BCUT2D eigenvalue weighted by atomic mass is 9.62. The van der Waals surface area contributed by atoms with Gasteiger partial charge in [-0.3, -0.25) is 0 Å². The summed E-state index contributed by atoms with van der Waals surface area (Å²) in [6.07, 6.45) is 1.16. The molecule has 0 bridgehead atoms. The highest BCUT2D eigenvalue weighted by molar-refractivity contribution is 5.46. The summed E-state index contributed by atoms with van der Waals surface area (Å²) in [4.78, 5) is 0. The lowest BCUT2D eigenvalue weighted by Gasteiger charge is -2.43. The first-order chi connectivity index (χ1) is 8.75. The van der Waals surface area contributed by atoms with Crippen LogP contribution in [0.4, 0.5) is 0 Å². The zero-order valence-corrected chi connectivity index (χ0v) is 13.0. The number of hydrogen-bond acceptors (Lipinski definition) is 2. The molecule has 1 heterocycles. The summed E-state index contributed by atoms with van der Waals surface area (Å²) in [7, 11) is 0. The predicted molar refractivity (Wildman–Crippen MR) is 78.8 cm³/mol. The van der Waals surface area contributed by atoms with E-state index in [9.17, 15) is 0 Å². The van der Waals surface area contributed by atoms with Gasteiger partial charge in [0, 0.05) is 0 Å². The maximum atomic E-state index is 5.53. The lowest BCUT2D eigenvalue weighted by Crippen LogP contribution is -2.32. The standard InChI is InChI=1S/C17H26O2/c1-7-17(5,6)15(16(2,3)4)12-8-9-13-14(10-12)19-11-18-13/h8-10,15H,7,11H2,1-6H3. The average molecular weight is 262 g/mol. The van der Waals surface area contributed by atoms with Gasteiger partial charge in [-0.25, -0.2) is 0 Å². The first kappa shape index (κ1) is 14.2. The number of fused-ring (bicyclic) bond motifs is 1. The molecule has 0 fully saturated rings. The number of benzene rings is 1. The van der Waals surface area contributed by atoms with Gasteiger partial charge < -0.3 is 9.47 Å². The van der Waals surface area contributed by atoms with Crippen molar-refractivity contribution in [2.24, 2.45) is 10.8 Å². The molecule has 0 spiro atoms. The van der Waals surface area contributed by atoms with Crippen LogP contribution in [-0.4, -0.2) is 6.79 Å². The van der Waals surface area contributed by atoms with Crippen molar-refractivity contribution >= 4 is 0 Å². The van der Waals surface area contributed by atoms with Crippen LogP contribution < -0.4 is 9.47 Å². The molecule has 106 valence electrons. The third-order valence-electron chi connectivity index (χ3n) is 4.29. The van der Waals surface area contributed by atoms with E-state index < -0.39 is 0 Å². The molecule has 1 aromatic rings. The quantitative estimate of drug-likeness (QED) is 0.764. The fraction of sp³-hybridized carbons (Fsp3) is 0.647. The fourth-order valence-electron chi connectivity index (χ4n) is 3.42. The van der Waals surface area contributed by atoms with Crippen LogP contribution in [0, 0.1) is 10.8 Å². The van der Waals surface area contributed by atoms with Gasteiger partial charge >= 0.3 is 0 Å². The SMILES string of the molecule is CCC(C)(C)C(c1ccc2c(c1)OCO2)C(C)(C)C. The van der Waals surface area contributed by atoms with Crippen molar-refractivity contribution in [2.45, 2.75) is 53.9 Å². The topological polar surface area (TPSA) is 18.5 Å². The smallest absolute Gasteiger partial charge is 0.231 e. The van der Waals surface area contributed by atoms with Crippen LogP contribution in [0.25, 0.3) is 0 Å². The lowest BCUT2D eigenvalue weighted by molar-refractivity contribution is 0.152. The molecule has 1 unspecified atom stereocenters. The van der Waals surface area contributed by atoms with Gasteiger partial charge in [-0.15, -0.1) is 0 Å². The molecule has 0 saturated heterocycles. The average Bonchev–Trinajstić information content (AvgIpc) is 2.74. The van der Waals surface area contributed by atoms with Gasteiger partial charge in [0.1, 0.15) is 0 Å². The molecular formula is C17H26O2. The fourth-order valence-corrected chi connectivity index (χ4v) is 3.42. The minimum atomic E-state index is 0.215. The Morgan fingerprint density at radius 3 is 2.26 bits per heavy atom. The van der Waals surface area contributed by atoms with Gasteiger partial charge in [0.05, 0.1) is 0 Å². The van der Waals surface area contributed by atoms with Gasteiger partial charge in [0.25, 0.3) is 0 Å². The van der Waals surface area contributed by atoms with Gasteiger partial charge in [0.2, 0.25) is 6.79 Å². The molecule has 0 aromatic heterocycles. The zero-order chi connectivity index (χ0) is 14.3. The van der Waals surface area contributed by atoms with E-state index >= 15 is 0 Å². The Morgan fingerprint density at radius 1 is 1.05 bits per heavy atom. The zero-order valence-electron chi connectivity index (χ0n) is 13.0. The van der Waals surface area contributed by atoms with Crippen LogP contribution in [0.2, 0.25) is 0 Å². The van der Waals surface area contributed by atoms with Crippen LogP contribution in [0.3, 0.4) is 0 Å². The molecule has 0 amide bonds. The van der Waals surface area contributed by atoms with Gasteiger partial charge in [-0.1, -0.05) is 54.0 Å². The molecule has 2 heteroatoms. The Morgan fingerprint density at radius 2 is 1.68 bits per heavy atom. The van der Waals surface area contributed by atoms with Crippen molar-refractivity contribution in [3.05, 3.63) is 23.8 Å². The molecule has 1 aliphatic heterocycles. The van der Waals surface area contributed by atoms with E-state index in [1.54, 1.807) is 0 Å². The molecule has 0 aliphatic carbocycles. The minimum absolute atomic E-state index is 0.215. The van der Waals surface area contributed by atoms with E-state index in [1.165, 1.54) is 5.56 Å². The Kier molecular flexibility index (Phi) is 3.55. The molecular weight excluding hydrogens is 236 g/mol. The van der Waals surface area contributed by atoms with E-state index in [-0.39, 0.29) is 10.8 Å². The van der Waals surface area contributed by atoms with E-state index in [2.05, 4.69) is 53.7 Å². The summed E-state index contributed by atoms with van der Waals surface area (Å²) >= 11 is 0.